The van der Waals surface area contributed by atoms with Gasteiger partial charge in [-0.1, -0.05) is 6.42 Å². The fourth-order valence-corrected chi connectivity index (χ4v) is 3.86. The summed E-state index contributed by atoms with van der Waals surface area (Å²) in [5.74, 6) is 0.169. The van der Waals surface area contributed by atoms with Crippen molar-refractivity contribution in [3.63, 3.8) is 0 Å². The third-order valence-electron chi connectivity index (χ3n) is 4.02. The molecule has 0 aromatic heterocycles. The number of morpholine rings is 1. The van der Waals surface area contributed by atoms with Crippen LogP contribution in [0.3, 0.4) is 0 Å². The van der Waals surface area contributed by atoms with Crippen LogP contribution >= 0.6 is 0 Å². The van der Waals surface area contributed by atoms with E-state index in [4.69, 9.17) is 4.74 Å². The van der Waals surface area contributed by atoms with Gasteiger partial charge in [0.15, 0.2) is 0 Å². The molecular formula is C13H25N3O4S. The van der Waals surface area contributed by atoms with Crippen LogP contribution in [0, 0.1) is 5.92 Å². The third-order valence-corrected chi connectivity index (χ3v) is 4.75. The van der Waals surface area contributed by atoms with Crippen LogP contribution in [0.5, 0.6) is 0 Å². The maximum absolute atomic E-state index is 11.9. The quantitative estimate of drug-likeness (QED) is 0.595. The third kappa shape index (κ3) is 5.90. The van der Waals surface area contributed by atoms with E-state index >= 15 is 0 Å². The number of amides is 1. The normalized spacial score (nSPS) is 30.2. The first-order valence-electron chi connectivity index (χ1n) is 7.49. The van der Waals surface area contributed by atoms with Crippen LogP contribution in [0.25, 0.3) is 0 Å². The lowest BCUT2D eigenvalue weighted by molar-refractivity contribution is -0.122. The first-order valence-corrected chi connectivity index (χ1v) is 9.38. The highest BCUT2D eigenvalue weighted by Crippen LogP contribution is 2.25. The van der Waals surface area contributed by atoms with E-state index in [0.29, 0.717) is 26.2 Å². The minimum absolute atomic E-state index is 0.0111. The molecule has 1 aliphatic carbocycles. The van der Waals surface area contributed by atoms with E-state index in [1.165, 1.54) is 6.26 Å². The number of rotatable bonds is 6. The van der Waals surface area contributed by atoms with Crippen molar-refractivity contribution in [2.45, 2.75) is 37.8 Å². The van der Waals surface area contributed by atoms with Crippen LogP contribution in [0.1, 0.15) is 25.7 Å². The zero-order valence-corrected chi connectivity index (χ0v) is 13.2. The molecule has 3 N–H and O–H groups in total. The van der Waals surface area contributed by atoms with E-state index in [0.717, 1.165) is 25.8 Å². The summed E-state index contributed by atoms with van der Waals surface area (Å²) in [4.78, 5) is 11.9. The fraction of sp³-hybridized carbons (Fsp3) is 0.923. The lowest BCUT2D eigenvalue weighted by Gasteiger charge is -2.24. The SMILES string of the molecule is CS(=O)(=O)NC1CCCC1CNC(=O)CC1COCCN1. The number of nitrogens with one attached hydrogen (secondary N) is 3. The van der Waals surface area contributed by atoms with Gasteiger partial charge in [0, 0.05) is 31.6 Å². The number of hydrogen-bond donors (Lipinski definition) is 3. The smallest absolute Gasteiger partial charge is 0.221 e. The van der Waals surface area contributed by atoms with Gasteiger partial charge in [-0.15, -0.1) is 0 Å². The molecule has 0 radical (unpaired) electrons. The molecule has 2 rings (SSSR count). The van der Waals surface area contributed by atoms with Gasteiger partial charge in [0.2, 0.25) is 15.9 Å². The van der Waals surface area contributed by atoms with Crippen LogP contribution < -0.4 is 15.4 Å². The fourth-order valence-electron chi connectivity index (χ4n) is 3.00. The molecule has 2 fully saturated rings. The number of carbonyl (C=O) groups excluding carboxylic acids is 1. The molecule has 0 bridgehead atoms. The summed E-state index contributed by atoms with van der Waals surface area (Å²) in [5, 5.41) is 6.16. The van der Waals surface area contributed by atoms with E-state index in [2.05, 4.69) is 15.4 Å². The first-order chi connectivity index (χ1) is 9.94. The summed E-state index contributed by atoms with van der Waals surface area (Å²) in [7, 11) is -3.19. The van der Waals surface area contributed by atoms with Crippen molar-refractivity contribution < 1.29 is 17.9 Å². The van der Waals surface area contributed by atoms with Crippen LogP contribution in [-0.2, 0) is 19.6 Å². The topological polar surface area (TPSA) is 96.5 Å². The maximum atomic E-state index is 11.9. The van der Waals surface area contributed by atoms with Crippen LogP contribution in [0.15, 0.2) is 0 Å². The average Bonchev–Trinajstić information content (AvgIpc) is 2.82. The molecule has 122 valence electrons. The maximum Gasteiger partial charge on any atom is 0.221 e. The summed E-state index contributed by atoms with van der Waals surface area (Å²) in [6, 6.07) is 0.0173. The van der Waals surface area contributed by atoms with Crippen LogP contribution in [0.4, 0.5) is 0 Å². The molecule has 1 aliphatic heterocycles. The molecule has 3 unspecified atom stereocenters. The Morgan fingerprint density at radius 2 is 2.19 bits per heavy atom. The lowest BCUT2D eigenvalue weighted by atomic mass is 10.0. The molecule has 2 aliphatic rings. The summed E-state index contributed by atoms with van der Waals surface area (Å²) in [6.07, 6.45) is 4.35. The van der Waals surface area contributed by atoms with Gasteiger partial charge in [0.1, 0.15) is 0 Å². The van der Waals surface area contributed by atoms with Crippen molar-refractivity contribution in [3.05, 3.63) is 0 Å². The molecule has 0 aromatic carbocycles. The molecule has 3 atom stereocenters. The summed E-state index contributed by atoms with van der Waals surface area (Å²) in [5.41, 5.74) is 0. The van der Waals surface area contributed by atoms with E-state index in [1.807, 2.05) is 0 Å². The summed E-state index contributed by atoms with van der Waals surface area (Å²) >= 11 is 0. The average molecular weight is 319 g/mol. The van der Waals surface area contributed by atoms with Gasteiger partial charge in [-0.05, 0) is 18.8 Å². The van der Waals surface area contributed by atoms with E-state index in [-0.39, 0.29) is 23.9 Å². The van der Waals surface area contributed by atoms with Gasteiger partial charge in [-0.2, -0.15) is 0 Å². The second-order valence-corrected chi connectivity index (χ2v) is 7.70. The van der Waals surface area contributed by atoms with Crippen molar-refractivity contribution in [1.29, 1.82) is 0 Å². The van der Waals surface area contributed by atoms with Crippen molar-refractivity contribution in [3.8, 4) is 0 Å². The molecule has 0 aromatic rings. The predicted octanol–water partition coefficient (Wildman–Crippen LogP) is -0.801. The van der Waals surface area contributed by atoms with Crippen molar-refractivity contribution in [2.75, 3.05) is 32.6 Å². The number of sulfonamides is 1. The Hall–Kier alpha value is -0.700. The van der Waals surface area contributed by atoms with Gasteiger partial charge in [-0.3, -0.25) is 4.79 Å². The molecular weight excluding hydrogens is 294 g/mol. The minimum atomic E-state index is -3.19. The van der Waals surface area contributed by atoms with Crippen molar-refractivity contribution in [1.82, 2.24) is 15.4 Å². The van der Waals surface area contributed by atoms with Gasteiger partial charge in [0.05, 0.1) is 19.5 Å². The van der Waals surface area contributed by atoms with E-state index in [9.17, 15) is 13.2 Å². The molecule has 1 saturated heterocycles. The molecule has 1 saturated carbocycles. The van der Waals surface area contributed by atoms with E-state index in [1.54, 1.807) is 0 Å². The molecule has 8 heteroatoms. The molecule has 21 heavy (non-hydrogen) atoms. The van der Waals surface area contributed by atoms with Crippen LogP contribution in [0.2, 0.25) is 0 Å². The zero-order valence-electron chi connectivity index (χ0n) is 12.4. The Kier molecular flexibility index (Phi) is 5.98. The number of hydrogen-bond acceptors (Lipinski definition) is 5. The van der Waals surface area contributed by atoms with Gasteiger partial charge >= 0.3 is 0 Å². The molecule has 0 spiro atoms. The largest absolute Gasteiger partial charge is 0.378 e. The van der Waals surface area contributed by atoms with Gasteiger partial charge in [-0.25, -0.2) is 13.1 Å². The van der Waals surface area contributed by atoms with Gasteiger partial charge in [0.25, 0.3) is 0 Å². The highest BCUT2D eigenvalue weighted by Gasteiger charge is 2.29. The Bertz CT molecular complexity index is 448. The summed E-state index contributed by atoms with van der Waals surface area (Å²) in [6.45, 7) is 2.56. The summed E-state index contributed by atoms with van der Waals surface area (Å²) < 4.78 is 30.6. The highest BCUT2D eigenvalue weighted by molar-refractivity contribution is 7.88. The minimum Gasteiger partial charge on any atom is -0.378 e. The molecule has 7 nitrogen and oxygen atoms in total. The monoisotopic (exact) mass is 319 g/mol. The van der Waals surface area contributed by atoms with E-state index < -0.39 is 10.0 Å². The zero-order chi connectivity index (χ0) is 15.3. The Morgan fingerprint density at radius 1 is 1.38 bits per heavy atom. The molecule has 1 heterocycles. The standard InChI is InChI=1S/C13H25N3O4S/c1-21(18,19)16-12-4-2-3-10(12)8-15-13(17)7-11-9-20-6-5-14-11/h10-12,14,16H,2-9H2,1H3,(H,15,17). The second kappa shape index (κ2) is 7.53. The lowest BCUT2D eigenvalue weighted by Crippen LogP contribution is -2.46. The second-order valence-electron chi connectivity index (χ2n) is 5.92. The van der Waals surface area contributed by atoms with Gasteiger partial charge < -0.3 is 15.4 Å². The van der Waals surface area contributed by atoms with Crippen molar-refractivity contribution >= 4 is 15.9 Å². The number of ether oxygens (including phenoxy) is 1. The Labute approximate surface area is 126 Å². The van der Waals surface area contributed by atoms with Crippen molar-refractivity contribution in [2.24, 2.45) is 5.92 Å². The molecule has 1 amide bonds. The number of carbonyl (C=O) groups is 1. The van der Waals surface area contributed by atoms with Crippen LogP contribution in [-0.4, -0.2) is 59.0 Å². The first kappa shape index (κ1) is 16.7. The predicted molar refractivity (Wildman–Crippen MR) is 79.3 cm³/mol. The Morgan fingerprint density at radius 3 is 2.86 bits per heavy atom. The Balaban J connectivity index is 1.72. The highest BCUT2D eigenvalue weighted by atomic mass is 32.2.